The van der Waals surface area contributed by atoms with E-state index in [1.807, 2.05) is 24.0 Å². The largest absolute Gasteiger partial charge is 0.394 e. The first-order valence-electron chi connectivity index (χ1n) is 6.45. The number of aliphatic hydroxyl groups excluding tert-OH is 1. The van der Waals surface area contributed by atoms with E-state index in [0.29, 0.717) is 13.0 Å². The van der Waals surface area contributed by atoms with Crippen LogP contribution in [0.25, 0.3) is 0 Å². The van der Waals surface area contributed by atoms with Crippen molar-refractivity contribution in [1.82, 2.24) is 0 Å². The van der Waals surface area contributed by atoms with Crippen LogP contribution in [-0.4, -0.2) is 17.8 Å². The lowest BCUT2D eigenvalue weighted by atomic mass is 10.0. The van der Waals surface area contributed by atoms with Crippen LogP contribution in [0.15, 0.2) is 12.4 Å². The van der Waals surface area contributed by atoms with E-state index in [9.17, 15) is 5.11 Å². The number of aliphatic hydroxyl groups is 1. The van der Waals surface area contributed by atoms with Crippen molar-refractivity contribution in [2.45, 2.75) is 38.2 Å². The van der Waals surface area contributed by atoms with Crippen LogP contribution >= 0.6 is 0 Å². The van der Waals surface area contributed by atoms with Gasteiger partial charge in [-0.05, 0) is 32.2 Å². The van der Waals surface area contributed by atoms with Crippen LogP contribution in [0.1, 0.15) is 31.2 Å². The summed E-state index contributed by atoms with van der Waals surface area (Å²) in [5.74, 6) is 0. The lowest BCUT2D eigenvalue weighted by molar-refractivity contribution is -0.670. The van der Waals surface area contributed by atoms with Crippen molar-refractivity contribution in [1.29, 1.82) is 0 Å². The highest BCUT2D eigenvalue weighted by atomic mass is 16.3. The van der Waals surface area contributed by atoms with E-state index < -0.39 is 0 Å². The first-order chi connectivity index (χ1) is 8.54. The number of nitrogen functional groups attached to an aromatic ring is 2. The van der Waals surface area contributed by atoms with Gasteiger partial charge in [0.2, 0.25) is 0 Å². The van der Waals surface area contributed by atoms with Crippen LogP contribution in [0.2, 0.25) is 0 Å². The first kappa shape index (κ1) is 14.7. The summed E-state index contributed by atoms with van der Waals surface area (Å²) in [6.07, 6.45) is 7.71. The van der Waals surface area contributed by atoms with Gasteiger partial charge in [-0.2, -0.15) is 0 Å². The van der Waals surface area contributed by atoms with Gasteiger partial charge in [-0.15, -0.1) is 0 Å². The lowest BCUT2D eigenvalue weighted by Gasteiger charge is -2.10. The van der Waals surface area contributed by atoms with Gasteiger partial charge in [-0.3, -0.25) is 0 Å². The summed E-state index contributed by atoms with van der Waals surface area (Å²) in [6.45, 7) is 0.538. The molecule has 102 valence electrons. The molecule has 0 bridgehead atoms. The molecular weight excluding hydrogens is 228 g/mol. The van der Waals surface area contributed by atoms with Crippen LogP contribution in [0.3, 0.4) is 0 Å². The smallest absolute Gasteiger partial charge is 0.192 e. The fraction of sp³-hybridized carbons (Fsp3) is 0.615. The minimum Gasteiger partial charge on any atom is -0.394 e. The predicted molar refractivity (Wildman–Crippen MR) is 73.7 cm³/mol. The molecule has 5 heteroatoms. The highest BCUT2D eigenvalue weighted by molar-refractivity contribution is 5.57. The molecule has 0 aliphatic heterocycles. The van der Waals surface area contributed by atoms with Crippen molar-refractivity contribution in [3.05, 3.63) is 18.0 Å². The SMILES string of the molecule is C[n+]1cc(N)c(CCCCC(O)CCN)c(N)c1. The maximum absolute atomic E-state index is 9.56. The Kier molecular flexibility index (Phi) is 5.88. The van der Waals surface area contributed by atoms with Crippen molar-refractivity contribution in [2.24, 2.45) is 12.8 Å². The normalized spacial score (nSPS) is 12.6. The second kappa shape index (κ2) is 7.18. The Hall–Kier alpha value is -1.33. The number of unbranched alkanes of at least 4 members (excludes halogenated alkanes) is 1. The van der Waals surface area contributed by atoms with E-state index in [1.54, 1.807) is 0 Å². The third kappa shape index (κ3) is 4.50. The number of rotatable bonds is 7. The summed E-state index contributed by atoms with van der Waals surface area (Å²) in [4.78, 5) is 0. The average Bonchev–Trinajstić information content (AvgIpc) is 2.27. The van der Waals surface area contributed by atoms with Gasteiger partial charge in [-0.25, -0.2) is 4.57 Å². The zero-order chi connectivity index (χ0) is 13.5. The molecule has 0 amide bonds. The van der Waals surface area contributed by atoms with Crippen molar-refractivity contribution < 1.29 is 9.67 Å². The maximum atomic E-state index is 9.56. The van der Waals surface area contributed by atoms with E-state index in [4.69, 9.17) is 17.2 Å². The van der Waals surface area contributed by atoms with Crippen LogP contribution in [-0.2, 0) is 13.5 Å². The summed E-state index contributed by atoms with van der Waals surface area (Å²) < 4.78 is 1.86. The monoisotopic (exact) mass is 253 g/mol. The van der Waals surface area contributed by atoms with Crippen LogP contribution in [0, 0.1) is 0 Å². The minimum absolute atomic E-state index is 0.279. The highest BCUT2D eigenvalue weighted by Gasteiger charge is 2.10. The fourth-order valence-electron chi connectivity index (χ4n) is 2.11. The Morgan fingerprint density at radius 1 is 1.17 bits per heavy atom. The fourth-order valence-corrected chi connectivity index (χ4v) is 2.11. The third-order valence-corrected chi connectivity index (χ3v) is 3.10. The highest BCUT2D eigenvalue weighted by Crippen LogP contribution is 2.19. The Balaban J connectivity index is 2.40. The standard InChI is InChI=1S/C13H25N4O/c1-17-8-12(15)11(13(16)9-17)5-3-2-4-10(18)6-7-14/h8-10,18H,2-7,14-16H2,1H3/q+1. The molecule has 0 saturated carbocycles. The Bertz CT molecular complexity index is 358. The summed E-state index contributed by atoms with van der Waals surface area (Å²) in [5, 5.41) is 9.56. The van der Waals surface area contributed by atoms with Gasteiger partial charge in [-0.1, -0.05) is 6.42 Å². The molecular formula is C13H25N4O+. The lowest BCUT2D eigenvalue weighted by Crippen LogP contribution is -2.29. The van der Waals surface area contributed by atoms with Crippen molar-refractivity contribution in [2.75, 3.05) is 18.0 Å². The van der Waals surface area contributed by atoms with Crippen molar-refractivity contribution >= 4 is 11.4 Å². The third-order valence-electron chi connectivity index (χ3n) is 3.10. The summed E-state index contributed by atoms with van der Waals surface area (Å²) >= 11 is 0. The zero-order valence-corrected chi connectivity index (χ0v) is 11.1. The molecule has 0 saturated heterocycles. The molecule has 1 aromatic heterocycles. The van der Waals surface area contributed by atoms with Gasteiger partial charge >= 0.3 is 0 Å². The number of nitrogens with two attached hydrogens (primary N) is 3. The average molecular weight is 253 g/mol. The molecule has 1 aromatic rings. The Morgan fingerprint density at radius 2 is 1.78 bits per heavy atom. The Morgan fingerprint density at radius 3 is 2.33 bits per heavy atom. The van der Waals surface area contributed by atoms with E-state index in [1.165, 1.54) is 0 Å². The number of anilines is 2. The number of aromatic nitrogens is 1. The molecule has 0 aliphatic rings. The number of nitrogens with zero attached hydrogens (tertiary/aromatic N) is 1. The molecule has 1 heterocycles. The van der Waals surface area contributed by atoms with Crippen LogP contribution < -0.4 is 21.8 Å². The number of aryl methyl sites for hydroxylation is 1. The van der Waals surface area contributed by atoms with Crippen molar-refractivity contribution in [3.63, 3.8) is 0 Å². The predicted octanol–water partition coefficient (Wildman–Crippen LogP) is 0.0980. The number of hydrogen-bond donors (Lipinski definition) is 4. The van der Waals surface area contributed by atoms with Gasteiger partial charge in [0.25, 0.3) is 0 Å². The molecule has 0 spiro atoms. The molecule has 7 N–H and O–H groups in total. The van der Waals surface area contributed by atoms with Crippen LogP contribution in [0.5, 0.6) is 0 Å². The molecule has 1 rings (SSSR count). The molecule has 5 nitrogen and oxygen atoms in total. The number of hydrogen-bond acceptors (Lipinski definition) is 4. The minimum atomic E-state index is -0.279. The van der Waals surface area contributed by atoms with Gasteiger partial charge < -0.3 is 22.3 Å². The molecule has 1 unspecified atom stereocenters. The quantitative estimate of drug-likeness (QED) is 0.409. The van der Waals surface area contributed by atoms with E-state index in [2.05, 4.69) is 0 Å². The topological polar surface area (TPSA) is 102 Å². The summed E-state index contributed by atoms with van der Waals surface area (Å²) in [6, 6.07) is 0. The first-order valence-corrected chi connectivity index (χ1v) is 6.45. The molecule has 0 radical (unpaired) electrons. The molecule has 18 heavy (non-hydrogen) atoms. The van der Waals surface area contributed by atoms with E-state index in [0.717, 1.165) is 42.6 Å². The molecule has 0 aromatic carbocycles. The van der Waals surface area contributed by atoms with E-state index in [-0.39, 0.29) is 6.10 Å². The second-order valence-corrected chi connectivity index (χ2v) is 4.79. The molecule has 0 fully saturated rings. The number of pyridine rings is 1. The Labute approximate surface area is 109 Å². The van der Waals surface area contributed by atoms with Gasteiger partial charge in [0.15, 0.2) is 12.4 Å². The van der Waals surface area contributed by atoms with Gasteiger partial charge in [0.1, 0.15) is 18.4 Å². The van der Waals surface area contributed by atoms with Gasteiger partial charge in [0.05, 0.1) is 6.10 Å². The van der Waals surface area contributed by atoms with Crippen LogP contribution in [0.4, 0.5) is 11.4 Å². The zero-order valence-electron chi connectivity index (χ0n) is 11.1. The van der Waals surface area contributed by atoms with Crippen molar-refractivity contribution in [3.8, 4) is 0 Å². The molecule has 0 aliphatic carbocycles. The summed E-state index contributed by atoms with van der Waals surface area (Å²) in [7, 11) is 1.90. The van der Waals surface area contributed by atoms with Gasteiger partial charge in [0, 0.05) is 5.56 Å². The molecule has 1 atom stereocenters. The summed E-state index contributed by atoms with van der Waals surface area (Å²) in [5.41, 5.74) is 19.8. The van der Waals surface area contributed by atoms with E-state index >= 15 is 0 Å². The maximum Gasteiger partial charge on any atom is 0.192 e. The second-order valence-electron chi connectivity index (χ2n) is 4.79.